The summed E-state index contributed by atoms with van der Waals surface area (Å²) in [6.07, 6.45) is 0.857. The zero-order chi connectivity index (χ0) is 14.7. The first-order valence-electron chi connectivity index (χ1n) is 6.47. The summed E-state index contributed by atoms with van der Waals surface area (Å²) in [5, 5.41) is 2.96. The molecule has 0 aliphatic carbocycles. The fourth-order valence-electron chi connectivity index (χ4n) is 2.11. The number of aryl methyl sites for hydroxylation is 2. The highest BCUT2D eigenvalue weighted by atomic mass is 79.9. The lowest BCUT2D eigenvalue weighted by molar-refractivity contribution is 0.102. The number of nitrogens with two attached hydrogens (primary N) is 1. The Bertz CT molecular complexity index is 653. The van der Waals surface area contributed by atoms with Gasteiger partial charge in [-0.15, -0.1) is 0 Å². The Morgan fingerprint density at radius 1 is 1.25 bits per heavy atom. The van der Waals surface area contributed by atoms with Crippen LogP contribution in [0, 0.1) is 6.92 Å². The molecule has 0 bridgehead atoms. The van der Waals surface area contributed by atoms with Crippen LogP contribution in [0.15, 0.2) is 40.9 Å². The molecular weight excluding hydrogens is 316 g/mol. The Hall–Kier alpha value is -1.81. The van der Waals surface area contributed by atoms with Gasteiger partial charge in [-0.3, -0.25) is 4.79 Å². The normalized spacial score (nSPS) is 10.3. The van der Waals surface area contributed by atoms with Crippen LogP contribution in [0.1, 0.15) is 28.4 Å². The number of carbonyl (C=O) groups is 1. The van der Waals surface area contributed by atoms with Gasteiger partial charge in [-0.25, -0.2) is 0 Å². The van der Waals surface area contributed by atoms with Crippen LogP contribution < -0.4 is 11.1 Å². The quantitative estimate of drug-likeness (QED) is 0.829. The number of nitrogen functional groups attached to an aromatic ring is 1. The van der Waals surface area contributed by atoms with Crippen molar-refractivity contribution in [3.05, 3.63) is 57.6 Å². The van der Waals surface area contributed by atoms with Gasteiger partial charge in [0.2, 0.25) is 0 Å². The molecule has 0 aliphatic rings. The summed E-state index contributed by atoms with van der Waals surface area (Å²) < 4.78 is 1.01. The van der Waals surface area contributed by atoms with Crippen LogP contribution in [0.25, 0.3) is 0 Å². The van der Waals surface area contributed by atoms with Crippen molar-refractivity contribution in [1.29, 1.82) is 0 Å². The molecule has 0 spiro atoms. The Labute approximate surface area is 127 Å². The highest BCUT2D eigenvalue weighted by Crippen LogP contribution is 2.23. The number of hydrogen-bond acceptors (Lipinski definition) is 2. The molecule has 0 saturated heterocycles. The Balaban J connectivity index is 2.28. The van der Waals surface area contributed by atoms with Gasteiger partial charge >= 0.3 is 0 Å². The van der Waals surface area contributed by atoms with Crippen LogP contribution in [0.5, 0.6) is 0 Å². The molecule has 104 valence electrons. The molecule has 2 rings (SSSR count). The third-order valence-electron chi connectivity index (χ3n) is 3.19. The van der Waals surface area contributed by atoms with E-state index in [1.807, 2.05) is 25.1 Å². The molecule has 0 saturated carbocycles. The van der Waals surface area contributed by atoms with Crippen LogP contribution in [-0.4, -0.2) is 5.91 Å². The van der Waals surface area contributed by atoms with E-state index in [4.69, 9.17) is 5.73 Å². The topological polar surface area (TPSA) is 55.1 Å². The third kappa shape index (κ3) is 3.20. The number of anilines is 2. The minimum atomic E-state index is -0.112. The average molecular weight is 333 g/mol. The zero-order valence-corrected chi connectivity index (χ0v) is 13.1. The molecule has 0 radical (unpaired) electrons. The molecule has 2 aromatic rings. The van der Waals surface area contributed by atoms with Gasteiger partial charge in [0.15, 0.2) is 0 Å². The minimum Gasteiger partial charge on any atom is -0.399 e. The largest absolute Gasteiger partial charge is 0.399 e. The van der Waals surface area contributed by atoms with Gasteiger partial charge in [-0.05, 0) is 60.9 Å². The number of nitrogens with one attached hydrogen (secondary N) is 1. The molecule has 3 N–H and O–H groups in total. The fraction of sp³-hybridized carbons (Fsp3) is 0.188. The van der Waals surface area contributed by atoms with E-state index in [0.717, 1.165) is 27.7 Å². The number of halogens is 1. The van der Waals surface area contributed by atoms with E-state index in [1.54, 1.807) is 18.2 Å². The van der Waals surface area contributed by atoms with Crippen molar-refractivity contribution in [3.63, 3.8) is 0 Å². The number of hydrogen-bond donors (Lipinski definition) is 2. The molecule has 2 aromatic carbocycles. The highest BCUT2D eigenvalue weighted by molar-refractivity contribution is 9.10. The molecular formula is C16H17BrN2O. The molecule has 3 nitrogen and oxygen atoms in total. The SMILES string of the molecule is CCc1cc(Br)ccc1NC(=O)c1ccc(N)cc1C. The van der Waals surface area contributed by atoms with E-state index in [-0.39, 0.29) is 5.91 Å². The van der Waals surface area contributed by atoms with Gasteiger partial charge in [-0.2, -0.15) is 0 Å². The Morgan fingerprint density at radius 2 is 2.00 bits per heavy atom. The predicted molar refractivity (Wildman–Crippen MR) is 87.1 cm³/mol. The van der Waals surface area contributed by atoms with E-state index in [9.17, 15) is 4.79 Å². The van der Waals surface area contributed by atoms with Crippen LogP contribution in [-0.2, 0) is 6.42 Å². The second-order valence-electron chi connectivity index (χ2n) is 4.68. The van der Waals surface area contributed by atoms with Gasteiger partial charge in [0, 0.05) is 21.4 Å². The third-order valence-corrected chi connectivity index (χ3v) is 3.68. The van der Waals surface area contributed by atoms with Crippen molar-refractivity contribution in [1.82, 2.24) is 0 Å². The van der Waals surface area contributed by atoms with E-state index in [1.165, 1.54) is 0 Å². The summed E-state index contributed by atoms with van der Waals surface area (Å²) in [5.74, 6) is -0.112. The van der Waals surface area contributed by atoms with Crippen molar-refractivity contribution in [2.45, 2.75) is 20.3 Å². The van der Waals surface area contributed by atoms with Crippen LogP contribution in [0.2, 0.25) is 0 Å². The van der Waals surface area contributed by atoms with E-state index < -0.39 is 0 Å². The van der Waals surface area contributed by atoms with Crippen molar-refractivity contribution < 1.29 is 4.79 Å². The maximum Gasteiger partial charge on any atom is 0.255 e. The van der Waals surface area contributed by atoms with Gasteiger partial charge in [0.25, 0.3) is 5.91 Å². The molecule has 0 fully saturated rings. The Morgan fingerprint density at radius 3 is 2.65 bits per heavy atom. The zero-order valence-electron chi connectivity index (χ0n) is 11.5. The van der Waals surface area contributed by atoms with Crippen LogP contribution in [0.3, 0.4) is 0 Å². The number of benzene rings is 2. The van der Waals surface area contributed by atoms with Crippen LogP contribution in [0.4, 0.5) is 11.4 Å². The second-order valence-corrected chi connectivity index (χ2v) is 5.60. The van der Waals surface area contributed by atoms with E-state index in [0.29, 0.717) is 11.3 Å². The van der Waals surface area contributed by atoms with Crippen molar-refractivity contribution in [2.75, 3.05) is 11.1 Å². The molecule has 0 aromatic heterocycles. The van der Waals surface area contributed by atoms with Gasteiger partial charge < -0.3 is 11.1 Å². The predicted octanol–water partition coefficient (Wildman–Crippen LogP) is 4.15. The lowest BCUT2D eigenvalue weighted by Gasteiger charge is -2.12. The van der Waals surface area contributed by atoms with Gasteiger partial charge in [0.1, 0.15) is 0 Å². The summed E-state index contributed by atoms with van der Waals surface area (Å²) >= 11 is 3.44. The molecule has 20 heavy (non-hydrogen) atoms. The second kappa shape index (κ2) is 6.09. The summed E-state index contributed by atoms with van der Waals surface area (Å²) in [4.78, 5) is 12.3. The lowest BCUT2D eigenvalue weighted by Crippen LogP contribution is -2.14. The first kappa shape index (κ1) is 14.6. The summed E-state index contributed by atoms with van der Waals surface area (Å²) in [6.45, 7) is 3.94. The Kier molecular flexibility index (Phi) is 4.45. The van der Waals surface area contributed by atoms with Crippen LogP contribution >= 0.6 is 15.9 Å². The molecule has 0 heterocycles. The summed E-state index contributed by atoms with van der Waals surface area (Å²) in [5.41, 5.74) is 9.83. The van der Waals surface area contributed by atoms with E-state index in [2.05, 4.69) is 28.2 Å². The first-order valence-corrected chi connectivity index (χ1v) is 7.26. The molecule has 4 heteroatoms. The summed E-state index contributed by atoms with van der Waals surface area (Å²) in [6, 6.07) is 11.1. The van der Waals surface area contributed by atoms with Crippen molar-refractivity contribution in [3.8, 4) is 0 Å². The maximum atomic E-state index is 12.3. The van der Waals surface area contributed by atoms with Crippen molar-refractivity contribution >= 4 is 33.2 Å². The molecule has 0 aliphatic heterocycles. The summed E-state index contributed by atoms with van der Waals surface area (Å²) in [7, 11) is 0. The number of carbonyl (C=O) groups excluding carboxylic acids is 1. The van der Waals surface area contributed by atoms with Gasteiger partial charge in [-0.1, -0.05) is 22.9 Å². The molecule has 0 unspecified atom stereocenters. The number of rotatable bonds is 3. The average Bonchev–Trinajstić information content (AvgIpc) is 2.40. The maximum absolute atomic E-state index is 12.3. The molecule has 1 amide bonds. The lowest BCUT2D eigenvalue weighted by atomic mass is 10.1. The highest BCUT2D eigenvalue weighted by Gasteiger charge is 2.11. The monoisotopic (exact) mass is 332 g/mol. The first-order chi connectivity index (χ1) is 9.51. The van der Waals surface area contributed by atoms with Crippen molar-refractivity contribution in [2.24, 2.45) is 0 Å². The fourth-order valence-corrected chi connectivity index (χ4v) is 2.52. The molecule has 0 atom stereocenters. The minimum absolute atomic E-state index is 0.112. The standard InChI is InChI=1S/C16H17BrN2O/c1-3-11-9-12(17)4-7-15(11)19-16(20)14-6-5-13(18)8-10(14)2/h4-9H,3,18H2,1-2H3,(H,19,20). The van der Waals surface area contributed by atoms with E-state index >= 15 is 0 Å². The smallest absolute Gasteiger partial charge is 0.255 e. The number of amides is 1. The van der Waals surface area contributed by atoms with Gasteiger partial charge in [0.05, 0.1) is 0 Å².